The molecule has 0 heterocycles. The molecule has 1 atom stereocenters. The van der Waals surface area contributed by atoms with Gasteiger partial charge in [-0.3, -0.25) is 0 Å². The number of aryl methyl sites for hydroxylation is 1. The van der Waals surface area contributed by atoms with Crippen LogP contribution in [0.15, 0.2) is 18.2 Å². The van der Waals surface area contributed by atoms with Gasteiger partial charge in [0.2, 0.25) is 0 Å². The van der Waals surface area contributed by atoms with Crippen LogP contribution in [0.3, 0.4) is 0 Å². The van der Waals surface area contributed by atoms with E-state index in [-0.39, 0.29) is 11.5 Å². The summed E-state index contributed by atoms with van der Waals surface area (Å²) in [5.74, 6) is 0. The third-order valence-electron chi connectivity index (χ3n) is 2.89. The molecular formula is C14H23NO. The monoisotopic (exact) mass is 221 g/mol. The van der Waals surface area contributed by atoms with Gasteiger partial charge in [0.1, 0.15) is 0 Å². The Kier molecular flexibility index (Phi) is 4.11. The summed E-state index contributed by atoms with van der Waals surface area (Å²) in [5, 5.41) is 0. The second-order valence-corrected chi connectivity index (χ2v) is 5.38. The molecule has 1 unspecified atom stereocenters. The number of hydrogen-bond acceptors (Lipinski definition) is 2. The van der Waals surface area contributed by atoms with Crippen molar-refractivity contribution in [1.29, 1.82) is 0 Å². The third kappa shape index (κ3) is 3.06. The third-order valence-corrected chi connectivity index (χ3v) is 2.89. The van der Waals surface area contributed by atoms with E-state index in [2.05, 4.69) is 45.9 Å². The van der Waals surface area contributed by atoms with E-state index < -0.39 is 0 Å². The summed E-state index contributed by atoms with van der Waals surface area (Å²) in [4.78, 5) is 0. The minimum absolute atomic E-state index is 0.0349. The van der Waals surface area contributed by atoms with Gasteiger partial charge < -0.3 is 10.5 Å². The molecule has 0 saturated carbocycles. The molecule has 0 amide bonds. The van der Waals surface area contributed by atoms with Crippen molar-refractivity contribution < 1.29 is 4.74 Å². The molecule has 0 bridgehead atoms. The largest absolute Gasteiger partial charge is 0.383 e. The maximum absolute atomic E-state index is 6.09. The first-order valence-electron chi connectivity index (χ1n) is 5.72. The Balaban J connectivity index is 3.09. The van der Waals surface area contributed by atoms with Crippen molar-refractivity contribution in [3.8, 4) is 0 Å². The zero-order valence-electron chi connectivity index (χ0n) is 11.0. The Morgan fingerprint density at radius 1 is 1.31 bits per heavy atom. The summed E-state index contributed by atoms with van der Waals surface area (Å²) in [5.41, 5.74) is 10.00. The summed E-state index contributed by atoms with van der Waals surface area (Å²) in [7, 11) is 1.68. The topological polar surface area (TPSA) is 35.2 Å². The molecule has 90 valence electrons. The first-order valence-corrected chi connectivity index (χ1v) is 5.72. The van der Waals surface area contributed by atoms with E-state index in [9.17, 15) is 0 Å². The van der Waals surface area contributed by atoms with Gasteiger partial charge in [-0.05, 0) is 29.0 Å². The van der Waals surface area contributed by atoms with Crippen LogP contribution in [0.2, 0.25) is 0 Å². The highest BCUT2D eigenvalue weighted by Gasteiger charge is 2.16. The molecule has 1 aromatic carbocycles. The first-order chi connectivity index (χ1) is 7.36. The van der Waals surface area contributed by atoms with Gasteiger partial charge in [0.05, 0.1) is 12.6 Å². The Labute approximate surface area is 98.8 Å². The van der Waals surface area contributed by atoms with Crippen molar-refractivity contribution in [3.63, 3.8) is 0 Å². The highest BCUT2D eigenvalue weighted by Crippen LogP contribution is 2.26. The van der Waals surface area contributed by atoms with Gasteiger partial charge in [-0.1, -0.05) is 39.0 Å². The van der Waals surface area contributed by atoms with Crippen LogP contribution in [0, 0.1) is 6.92 Å². The highest BCUT2D eigenvalue weighted by molar-refractivity contribution is 5.36. The molecule has 0 aliphatic heterocycles. The van der Waals surface area contributed by atoms with Crippen molar-refractivity contribution in [2.45, 2.75) is 39.2 Å². The lowest BCUT2D eigenvalue weighted by Gasteiger charge is -2.22. The number of hydrogen-bond donors (Lipinski definition) is 1. The van der Waals surface area contributed by atoms with Crippen molar-refractivity contribution in [1.82, 2.24) is 0 Å². The second kappa shape index (κ2) is 4.98. The van der Waals surface area contributed by atoms with Gasteiger partial charge in [0.25, 0.3) is 0 Å². The van der Waals surface area contributed by atoms with Crippen LogP contribution in [-0.4, -0.2) is 13.7 Å². The number of benzene rings is 1. The average molecular weight is 221 g/mol. The molecule has 2 heteroatoms. The SMILES string of the molecule is COCC(N)c1cc(C(C)(C)C)ccc1C. The zero-order valence-corrected chi connectivity index (χ0v) is 11.0. The van der Waals surface area contributed by atoms with Crippen LogP contribution in [0.25, 0.3) is 0 Å². The Hall–Kier alpha value is -0.860. The van der Waals surface area contributed by atoms with Gasteiger partial charge >= 0.3 is 0 Å². The molecule has 1 rings (SSSR count). The van der Waals surface area contributed by atoms with E-state index >= 15 is 0 Å². The van der Waals surface area contributed by atoms with Gasteiger partial charge in [-0.15, -0.1) is 0 Å². The number of ether oxygens (including phenoxy) is 1. The van der Waals surface area contributed by atoms with Crippen LogP contribution >= 0.6 is 0 Å². The van der Waals surface area contributed by atoms with Crippen LogP contribution in [-0.2, 0) is 10.2 Å². The molecule has 1 aromatic rings. The van der Waals surface area contributed by atoms with Gasteiger partial charge in [0, 0.05) is 7.11 Å². The lowest BCUT2D eigenvalue weighted by Crippen LogP contribution is -2.19. The molecule has 16 heavy (non-hydrogen) atoms. The predicted octanol–water partition coefficient (Wildman–Crippen LogP) is 2.94. The van der Waals surface area contributed by atoms with Gasteiger partial charge in [0.15, 0.2) is 0 Å². The molecule has 0 fully saturated rings. The molecule has 0 saturated heterocycles. The molecule has 0 aliphatic carbocycles. The number of rotatable bonds is 3. The molecule has 2 N–H and O–H groups in total. The minimum atomic E-state index is -0.0349. The molecule has 0 spiro atoms. The van der Waals surface area contributed by atoms with Crippen molar-refractivity contribution in [3.05, 3.63) is 34.9 Å². The number of methoxy groups -OCH3 is 1. The average Bonchev–Trinajstić information content (AvgIpc) is 2.16. The van der Waals surface area contributed by atoms with E-state index in [1.54, 1.807) is 7.11 Å². The van der Waals surface area contributed by atoms with Crippen molar-refractivity contribution in [2.75, 3.05) is 13.7 Å². The number of nitrogens with two attached hydrogens (primary N) is 1. The van der Waals surface area contributed by atoms with Crippen LogP contribution in [0.1, 0.15) is 43.5 Å². The Morgan fingerprint density at radius 2 is 1.94 bits per heavy atom. The van der Waals surface area contributed by atoms with Crippen LogP contribution in [0.4, 0.5) is 0 Å². The smallest absolute Gasteiger partial charge is 0.0655 e. The Bertz CT molecular complexity index is 352. The molecular weight excluding hydrogens is 198 g/mol. The Morgan fingerprint density at radius 3 is 2.44 bits per heavy atom. The van der Waals surface area contributed by atoms with E-state index in [1.807, 2.05) is 0 Å². The lowest BCUT2D eigenvalue weighted by atomic mass is 9.84. The standard InChI is InChI=1S/C14H23NO/c1-10-6-7-11(14(2,3)4)8-12(10)13(15)9-16-5/h6-8,13H,9,15H2,1-5H3. The first kappa shape index (κ1) is 13.2. The second-order valence-electron chi connectivity index (χ2n) is 5.38. The van der Waals surface area contributed by atoms with Gasteiger partial charge in [-0.25, -0.2) is 0 Å². The van der Waals surface area contributed by atoms with E-state index in [0.717, 1.165) is 0 Å². The maximum Gasteiger partial charge on any atom is 0.0655 e. The lowest BCUT2D eigenvalue weighted by molar-refractivity contribution is 0.180. The normalized spacial score (nSPS) is 13.9. The predicted molar refractivity (Wildman–Crippen MR) is 68.7 cm³/mol. The van der Waals surface area contributed by atoms with Crippen LogP contribution in [0.5, 0.6) is 0 Å². The fraction of sp³-hybridized carbons (Fsp3) is 0.571. The molecule has 0 radical (unpaired) electrons. The fourth-order valence-electron chi connectivity index (χ4n) is 1.78. The summed E-state index contributed by atoms with van der Waals surface area (Å²) >= 11 is 0. The summed E-state index contributed by atoms with van der Waals surface area (Å²) in [6, 6.07) is 6.50. The van der Waals surface area contributed by atoms with Crippen molar-refractivity contribution >= 4 is 0 Å². The maximum atomic E-state index is 6.09. The van der Waals surface area contributed by atoms with E-state index in [1.165, 1.54) is 16.7 Å². The quantitative estimate of drug-likeness (QED) is 0.851. The molecule has 2 nitrogen and oxygen atoms in total. The van der Waals surface area contributed by atoms with Crippen molar-refractivity contribution in [2.24, 2.45) is 5.73 Å². The zero-order chi connectivity index (χ0) is 12.3. The van der Waals surface area contributed by atoms with E-state index in [4.69, 9.17) is 10.5 Å². The molecule has 0 aromatic heterocycles. The summed E-state index contributed by atoms with van der Waals surface area (Å²) in [6.07, 6.45) is 0. The minimum Gasteiger partial charge on any atom is -0.383 e. The molecule has 0 aliphatic rings. The van der Waals surface area contributed by atoms with Crippen LogP contribution < -0.4 is 5.73 Å². The highest BCUT2D eigenvalue weighted by atomic mass is 16.5. The summed E-state index contributed by atoms with van der Waals surface area (Å²) in [6.45, 7) is 9.29. The fourth-order valence-corrected chi connectivity index (χ4v) is 1.78. The summed E-state index contributed by atoms with van der Waals surface area (Å²) < 4.78 is 5.11. The van der Waals surface area contributed by atoms with Gasteiger partial charge in [-0.2, -0.15) is 0 Å². The van der Waals surface area contributed by atoms with E-state index in [0.29, 0.717) is 6.61 Å².